The Balaban J connectivity index is 2.38. The first-order valence-electron chi connectivity index (χ1n) is 6.41. The van der Waals surface area contributed by atoms with Gasteiger partial charge in [0.1, 0.15) is 0 Å². The van der Waals surface area contributed by atoms with Gasteiger partial charge in [-0.15, -0.1) is 0 Å². The van der Waals surface area contributed by atoms with Crippen LogP contribution >= 0.6 is 0 Å². The molecule has 0 radical (unpaired) electrons. The van der Waals surface area contributed by atoms with E-state index < -0.39 is 10.0 Å². The Hall–Kier alpha value is -2.01. The van der Waals surface area contributed by atoms with Crippen LogP contribution in [0.5, 0.6) is 0 Å². The molecule has 0 aromatic heterocycles. The van der Waals surface area contributed by atoms with Gasteiger partial charge in [-0.1, -0.05) is 31.2 Å². The molecule has 0 saturated carbocycles. The average molecular weight is 290 g/mol. The minimum absolute atomic E-state index is 0.173. The van der Waals surface area contributed by atoms with Crippen LogP contribution in [0, 0.1) is 6.92 Å². The number of nitrogens with two attached hydrogens (primary N) is 1. The fourth-order valence-corrected chi connectivity index (χ4v) is 3.05. The van der Waals surface area contributed by atoms with Gasteiger partial charge in [-0.3, -0.25) is 4.72 Å². The van der Waals surface area contributed by atoms with Gasteiger partial charge in [-0.2, -0.15) is 0 Å². The highest BCUT2D eigenvalue weighted by Gasteiger charge is 2.16. The van der Waals surface area contributed by atoms with Crippen LogP contribution in [0.2, 0.25) is 0 Å². The van der Waals surface area contributed by atoms with Crippen molar-refractivity contribution in [2.24, 2.45) is 0 Å². The topological polar surface area (TPSA) is 72.2 Å². The Labute approximate surface area is 119 Å². The molecule has 2 rings (SSSR count). The lowest BCUT2D eigenvalue weighted by molar-refractivity contribution is 0.601. The second kappa shape index (κ2) is 5.54. The van der Waals surface area contributed by atoms with Crippen LogP contribution in [-0.4, -0.2) is 8.42 Å². The molecule has 0 fully saturated rings. The van der Waals surface area contributed by atoms with E-state index in [4.69, 9.17) is 5.73 Å². The van der Waals surface area contributed by atoms with E-state index in [1.807, 2.05) is 26.0 Å². The fraction of sp³-hybridized carbons (Fsp3) is 0.200. The zero-order valence-corrected chi connectivity index (χ0v) is 12.4. The van der Waals surface area contributed by atoms with E-state index >= 15 is 0 Å². The molecular weight excluding hydrogens is 272 g/mol. The number of nitrogens with one attached hydrogen (secondary N) is 1. The summed E-state index contributed by atoms with van der Waals surface area (Å²) < 4.78 is 27.4. The molecule has 5 heteroatoms. The van der Waals surface area contributed by atoms with Gasteiger partial charge in [0.2, 0.25) is 0 Å². The molecule has 20 heavy (non-hydrogen) atoms. The molecule has 0 saturated heterocycles. The molecule has 106 valence electrons. The Morgan fingerprint density at radius 3 is 2.50 bits per heavy atom. The number of hydrogen-bond acceptors (Lipinski definition) is 3. The van der Waals surface area contributed by atoms with Crippen LogP contribution in [0.25, 0.3) is 0 Å². The maximum atomic E-state index is 12.4. The summed E-state index contributed by atoms with van der Waals surface area (Å²) in [7, 11) is -3.62. The molecule has 0 unspecified atom stereocenters. The molecule has 3 N–H and O–H groups in total. The Morgan fingerprint density at radius 2 is 1.85 bits per heavy atom. The predicted molar refractivity (Wildman–Crippen MR) is 82.2 cm³/mol. The van der Waals surface area contributed by atoms with Crippen molar-refractivity contribution in [1.82, 2.24) is 0 Å². The summed E-state index contributed by atoms with van der Waals surface area (Å²) in [5, 5.41) is 0. The van der Waals surface area contributed by atoms with E-state index in [-0.39, 0.29) is 4.90 Å². The third-order valence-corrected chi connectivity index (χ3v) is 4.57. The lowest BCUT2D eigenvalue weighted by atomic mass is 10.1. The Kier molecular flexibility index (Phi) is 3.99. The van der Waals surface area contributed by atoms with Gasteiger partial charge in [0, 0.05) is 5.69 Å². The fourth-order valence-electron chi connectivity index (χ4n) is 1.92. The quantitative estimate of drug-likeness (QED) is 0.850. The maximum absolute atomic E-state index is 12.4. The van der Waals surface area contributed by atoms with Crippen molar-refractivity contribution in [3.63, 3.8) is 0 Å². The summed E-state index contributed by atoms with van der Waals surface area (Å²) in [4.78, 5) is 0.173. The second-order valence-corrected chi connectivity index (χ2v) is 6.32. The zero-order chi connectivity index (χ0) is 14.8. The molecular formula is C15H18N2O2S. The minimum atomic E-state index is -3.62. The van der Waals surface area contributed by atoms with Crippen molar-refractivity contribution in [3.05, 3.63) is 53.6 Å². The van der Waals surface area contributed by atoms with Crippen LogP contribution < -0.4 is 10.5 Å². The van der Waals surface area contributed by atoms with Crippen LogP contribution in [-0.2, 0) is 16.4 Å². The molecule has 4 nitrogen and oxygen atoms in total. The maximum Gasteiger partial charge on any atom is 0.261 e. The normalized spacial score (nSPS) is 11.3. The third-order valence-electron chi connectivity index (χ3n) is 3.20. The number of anilines is 2. The third kappa shape index (κ3) is 2.93. The Bertz CT molecular complexity index is 724. The average Bonchev–Trinajstić information content (AvgIpc) is 2.42. The molecule has 0 atom stereocenters. The molecule has 0 bridgehead atoms. The molecule has 2 aromatic carbocycles. The van der Waals surface area contributed by atoms with E-state index in [2.05, 4.69) is 4.72 Å². The summed E-state index contributed by atoms with van der Waals surface area (Å²) in [6.45, 7) is 3.82. The summed E-state index contributed by atoms with van der Waals surface area (Å²) >= 11 is 0. The highest BCUT2D eigenvalue weighted by molar-refractivity contribution is 7.92. The number of sulfonamides is 1. The van der Waals surface area contributed by atoms with Gasteiger partial charge in [0.15, 0.2) is 0 Å². The van der Waals surface area contributed by atoms with E-state index in [0.29, 0.717) is 11.4 Å². The number of nitrogen functional groups attached to an aromatic ring is 1. The van der Waals surface area contributed by atoms with E-state index in [1.54, 1.807) is 24.3 Å². The Morgan fingerprint density at radius 1 is 1.15 bits per heavy atom. The molecule has 0 aliphatic rings. The lowest BCUT2D eigenvalue weighted by Crippen LogP contribution is -2.14. The van der Waals surface area contributed by atoms with Crippen LogP contribution in [0.15, 0.2) is 47.4 Å². The largest absolute Gasteiger partial charge is 0.398 e. The molecule has 0 spiro atoms. The van der Waals surface area contributed by atoms with E-state index in [0.717, 1.165) is 17.5 Å². The molecule has 0 heterocycles. The van der Waals surface area contributed by atoms with Crippen molar-refractivity contribution in [2.75, 3.05) is 10.5 Å². The van der Waals surface area contributed by atoms with Crippen molar-refractivity contribution >= 4 is 21.4 Å². The lowest BCUT2D eigenvalue weighted by Gasteiger charge is -2.12. The molecule has 2 aromatic rings. The van der Waals surface area contributed by atoms with Gasteiger partial charge in [0.05, 0.1) is 10.6 Å². The van der Waals surface area contributed by atoms with Gasteiger partial charge in [-0.05, 0) is 42.7 Å². The number of benzene rings is 2. The van der Waals surface area contributed by atoms with Crippen molar-refractivity contribution < 1.29 is 8.42 Å². The summed E-state index contributed by atoms with van der Waals surface area (Å²) in [6.07, 6.45) is 0.759. The van der Waals surface area contributed by atoms with Gasteiger partial charge in [-0.25, -0.2) is 8.42 Å². The minimum Gasteiger partial charge on any atom is -0.398 e. The summed E-state index contributed by atoms with van der Waals surface area (Å²) in [5.41, 5.74) is 8.66. The van der Waals surface area contributed by atoms with Crippen molar-refractivity contribution in [2.45, 2.75) is 25.2 Å². The van der Waals surface area contributed by atoms with Crippen LogP contribution in [0.1, 0.15) is 18.1 Å². The highest BCUT2D eigenvalue weighted by Crippen LogP contribution is 2.22. The molecule has 0 aliphatic carbocycles. The molecule has 0 aliphatic heterocycles. The smallest absolute Gasteiger partial charge is 0.261 e. The number of para-hydroxylation sites is 1. The summed E-state index contributed by atoms with van der Waals surface area (Å²) in [6, 6.07) is 12.1. The zero-order valence-electron chi connectivity index (χ0n) is 11.6. The first kappa shape index (κ1) is 14.4. The monoisotopic (exact) mass is 290 g/mol. The van der Waals surface area contributed by atoms with E-state index in [1.165, 1.54) is 6.07 Å². The number of rotatable bonds is 4. The first-order valence-corrected chi connectivity index (χ1v) is 7.89. The van der Waals surface area contributed by atoms with Crippen LogP contribution in [0.3, 0.4) is 0 Å². The summed E-state index contributed by atoms with van der Waals surface area (Å²) in [5.74, 6) is 0. The van der Waals surface area contributed by atoms with Gasteiger partial charge < -0.3 is 5.73 Å². The SMILES string of the molecule is CCc1ccccc1NS(=O)(=O)c1ccc(C)c(N)c1. The van der Waals surface area contributed by atoms with Crippen molar-refractivity contribution in [1.29, 1.82) is 0 Å². The van der Waals surface area contributed by atoms with E-state index in [9.17, 15) is 8.42 Å². The molecule has 0 amide bonds. The number of aryl methyl sites for hydroxylation is 2. The van der Waals surface area contributed by atoms with Gasteiger partial charge in [0.25, 0.3) is 10.0 Å². The second-order valence-electron chi connectivity index (χ2n) is 4.63. The standard InChI is InChI=1S/C15H18N2O2S/c1-3-12-6-4-5-7-15(12)17-20(18,19)13-9-8-11(2)14(16)10-13/h4-10,17H,3,16H2,1-2H3. The predicted octanol–water partition coefficient (Wildman–Crippen LogP) is 2.94. The van der Waals surface area contributed by atoms with Crippen LogP contribution in [0.4, 0.5) is 11.4 Å². The van der Waals surface area contributed by atoms with Crippen molar-refractivity contribution in [3.8, 4) is 0 Å². The van der Waals surface area contributed by atoms with Gasteiger partial charge >= 0.3 is 0 Å². The number of hydrogen-bond donors (Lipinski definition) is 2. The highest BCUT2D eigenvalue weighted by atomic mass is 32.2. The first-order chi connectivity index (χ1) is 9.44.